The molecule has 2 aromatic carbocycles. The molecule has 30 heavy (non-hydrogen) atoms. The lowest BCUT2D eigenvalue weighted by molar-refractivity contribution is -0.148. The molecular weight excluding hydrogens is 383 g/mol. The average Bonchev–Trinajstić information content (AvgIpc) is 2.72. The molecule has 0 fully saturated rings. The van der Waals surface area contributed by atoms with E-state index in [0.29, 0.717) is 11.3 Å². The highest BCUT2D eigenvalue weighted by molar-refractivity contribution is 5.76. The second-order valence-electron chi connectivity index (χ2n) is 7.05. The zero-order valence-corrected chi connectivity index (χ0v) is 16.8. The molecule has 0 saturated heterocycles. The standard InChI is InChI=1S/C24H23FN2O3/c1-16-9-11-18(12-10-16)22(27-17(2)28)15-23(29)30-24(21-8-3-4-13-26-21)19-6-5-7-20(25)14-19/h3-14,22,24H,15H2,1-2H3,(H,27,28). The number of aryl methyl sites for hydroxylation is 1. The summed E-state index contributed by atoms with van der Waals surface area (Å²) >= 11 is 0. The third kappa shape index (κ3) is 5.73. The van der Waals surface area contributed by atoms with E-state index >= 15 is 0 Å². The Hall–Kier alpha value is -3.54. The van der Waals surface area contributed by atoms with Crippen molar-refractivity contribution in [2.75, 3.05) is 0 Å². The van der Waals surface area contributed by atoms with Crippen LogP contribution in [-0.4, -0.2) is 16.9 Å². The quantitative estimate of drug-likeness (QED) is 0.590. The molecular formula is C24H23FN2O3. The normalized spacial score (nSPS) is 12.6. The Balaban J connectivity index is 1.83. The maximum atomic E-state index is 13.8. The molecule has 1 aromatic heterocycles. The number of ether oxygens (including phenoxy) is 1. The maximum Gasteiger partial charge on any atom is 0.309 e. The molecule has 0 aliphatic heterocycles. The monoisotopic (exact) mass is 406 g/mol. The van der Waals surface area contributed by atoms with Crippen LogP contribution in [0.3, 0.4) is 0 Å². The van der Waals surface area contributed by atoms with E-state index < -0.39 is 23.9 Å². The van der Waals surface area contributed by atoms with Crippen LogP contribution in [0, 0.1) is 12.7 Å². The van der Waals surface area contributed by atoms with Gasteiger partial charge in [-0.2, -0.15) is 0 Å². The number of benzene rings is 2. The number of carbonyl (C=O) groups is 2. The number of aromatic nitrogens is 1. The summed E-state index contributed by atoms with van der Waals surface area (Å²) in [6.45, 7) is 3.36. The number of hydrogen-bond acceptors (Lipinski definition) is 4. The van der Waals surface area contributed by atoms with Crippen molar-refractivity contribution in [2.45, 2.75) is 32.4 Å². The van der Waals surface area contributed by atoms with Gasteiger partial charge in [0.25, 0.3) is 0 Å². The van der Waals surface area contributed by atoms with Gasteiger partial charge in [-0.25, -0.2) is 4.39 Å². The molecule has 2 unspecified atom stereocenters. The van der Waals surface area contributed by atoms with Crippen molar-refractivity contribution in [3.8, 4) is 0 Å². The van der Waals surface area contributed by atoms with E-state index in [9.17, 15) is 14.0 Å². The SMILES string of the molecule is CC(=O)NC(CC(=O)OC(c1cccc(F)c1)c1ccccn1)c1ccc(C)cc1. The minimum atomic E-state index is -0.856. The number of amides is 1. The van der Waals surface area contributed by atoms with Crippen LogP contribution in [0.1, 0.15) is 47.9 Å². The molecule has 0 saturated carbocycles. The molecule has 154 valence electrons. The number of hydrogen-bond donors (Lipinski definition) is 1. The summed E-state index contributed by atoms with van der Waals surface area (Å²) in [5.74, 6) is -1.21. The molecule has 1 N–H and O–H groups in total. The summed E-state index contributed by atoms with van der Waals surface area (Å²) in [7, 11) is 0. The Morgan fingerprint density at radius 2 is 1.80 bits per heavy atom. The summed E-state index contributed by atoms with van der Waals surface area (Å²) in [5.41, 5.74) is 2.84. The highest BCUT2D eigenvalue weighted by Gasteiger charge is 2.24. The molecule has 0 spiro atoms. The lowest BCUT2D eigenvalue weighted by atomic mass is 10.0. The van der Waals surface area contributed by atoms with Gasteiger partial charge in [-0.3, -0.25) is 14.6 Å². The zero-order chi connectivity index (χ0) is 21.5. The molecule has 0 radical (unpaired) electrons. The van der Waals surface area contributed by atoms with E-state index in [4.69, 9.17) is 4.74 Å². The van der Waals surface area contributed by atoms with E-state index in [1.165, 1.54) is 19.1 Å². The van der Waals surface area contributed by atoms with Crippen LogP contribution >= 0.6 is 0 Å². The first-order valence-electron chi connectivity index (χ1n) is 9.62. The zero-order valence-electron chi connectivity index (χ0n) is 16.8. The summed E-state index contributed by atoms with van der Waals surface area (Å²) in [4.78, 5) is 28.7. The van der Waals surface area contributed by atoms with Gasteiger partial charge in [0.15, 0.2) is 6.10 Å². The summed E-state index contributed by atoms with van der Waals surface area (Å²) in [6.07, 6.45) is 0.661. The van der Waals surface area contributed by atoms with E-state index in [2.05, 4.69) is 10.3 Å². The minimum Gasteiger partial charge on any atom is -0.451 e. The average molecular weight is 406 g/mol. The van der Waals surface area contributed by atoms with Gasteiger partial charge >= 0.3 is 5.97 Å². The van der Waals surface area contributed by atoms with Gasteiger partial charge in [0.1, 0.15) is 5.82 Å². The maximum absolute atomic E-state index is 13.8. The van der Waals surface area contributed by atoms with Crippen molar-refractivity contribution in [2.24, 2.45) is 0 Å². The number of nitrogens with one attached hydrogen (secondary N) is 1. The second-order valence-corrected chi connectivity index (χ2v) is 7.05. The van der Waals surface area contributed by atoms with Crippen molar-refractivity contribution in [1.82, 2.24) is 10.3 Å². The smallest absolute Gasteiger partial charge is 0.309 e. The molecule has 0 bridgehead atoms. The lowest BCUT2D eigenvalue weighted by Crippen LogP contribution is -2.29. The number of esters is 1. The van der Waals surface area contributed by atoms with E-state index in [-0.39, 0.29) is 12.3 Å². The topological polar surface area (TPSA) is 68.3 Å². The largest absolute Gasteiger partial charge is 0.451 e. The molecule has 1 heterocycles. The van der Waals surface area contributed by atoms with Gasteiger partial charge in [-0.05, 0) is 36.8 Å². The number of halogens is 1. The Kier molecular flexibility index (Phi) is 6.91. The van der Waals surface area contributed by atoms with Gasteiger partial charge in [0.05, 0.1) is 18.2 Å². The number of pyridine rings is 1. The molecule has 5 nitrogen and oxygen atoms in total. The van der Waals surface area contributed by atoms with Crippen molar-refractivity contribution in [3.05, 3.63) is 101 Å². The Bertz CT molecular complexity index is 1010. The molecule has 0 aliphatic rings. The highest BCUT2D eigenvalue weighted by Crippen LogP contribution is 2.27. The predicted octanol–water partition coefficient (Wildman–Crippen LogP) is 4.43. The van der Waals surface area contributed by atoms with Gasteiger partial charge in [-0.1, -0.05) is 48.0 Å². The summed E-state index contributed by atoms with van der Waals surface area (Å²) in [6, 6.07) is 18.1. The van der Waals surface area contributed by atoms with Crippen molar-refractivity contribution < 1.29 is 18.7 Å². The van der Waals surface area contributed by atoms with Crippen LogP contribution in [-0.2, 0) is 14.3 Å². The molecule has 1 amide bonds. The molecule has 3 aromatic rings. The lowest BCUT2D eigenvalue weighted by Gasteiger charge is -2.21. The van der Waals surface area contributed by atoms with Crippen LogP contribution in [0.4, 0.5) is 4.39 Å². The predicted molar refractivity (Wildman–Crippen MR) is 111 cm³/mol. The fourth-order valence-corrected chi connectivity index (χ4v) is 3.14. The van der Waals surface area contributed by atoms with E-state index in [1.54, 1.807) is 36.5 Å². The van der Waals surface area contributed by atoms with Crippen LogP contribution in [0.15, 0.2) is 72.9 Å². The van der Waals surface area contributed by atoms with Crippen molar-refractivity contribution in [3.63, 3.8) is 0 Å². The Morgan fingerprint density at radius 1 is 1.03 bits per heavy atom. The van der Waals surface area contributed by atoms with E-state index in [0.717, 1.165) is 11.1 Å². The fourth-order valence-electron chi connectivity index (χ4n) is 3.14. The van der Waals surface area contributed by atoms with Crippen molar-refractivity contribution >= 4 is 11.9 Å². The third-order valence-corrected chi connectivity index (χ3v) is 4.59. The van der Waals surface area contributed by atoms with Crippen LogP contribution < -0.4 is 5.32 Å². The Morgan fingerprint density at radius 3 is 2.43 bits per heavy atom. The first-order valence-corrected chi connectivity index (χ1v) is 9.62. The van der Waals surface area contributed by atoms with Gasteiger partial charge in [0.2, 0.25) is 5.91 Å². The number of carbonyl (C=O) groups excluding carboxylic acids is 2. The number of rotatable bonds is 7. The first kappa shape index (κ1) is 21.2. The number of nitrogens with zero attached hydrogens (tertiary/aromatic N) is 1. The van der Waals surface area contributed by atoms with E-state index in [1.807, 2.05) is 31.2 Å². The minimum absolute atomic E-state index is 0.0682. The summed E-state index contributed by atoms with van der Waals surface area (Å²) in [5, 5.41) is 2.79. The summed E-state index contributed by atoms with van der Waals surface area (Å²) < 4.78 is 19.5. The molecule has 3 rings (SSSR count). The fraction of sp³-hybridized carbons (Fsp3) is 0.208. The third-order valence-electron chi connectivity index (χ3n) is 4.59. The van der Waals surface area contributed by atoms with Gasteiger partial charge < -0.3 is 10.1 Å². The second kappa shape index (κ2) is 9.78. The molecule has 2 atom stereocenters. The van der Waals surface area contributed by atoms with Gasteiger partial charge in [0, 0.05) is 18.7 Å². The molecule has 0 aliphatic carbocycles. The highest BCUT2D eigenvalue weighted by atomic mass is 19.1. The molecule has 6 heteroatoms. The first-order chi connectivity index (χ1) is 14.4. The van der Waals surface area contributed by atoms with Gasteiger partial charge in [-0.15, -0.1) is 0 Å². The Labute approximate surface area is 174 Å². The van der Waals surface area contributed by atoms with Crippen molar-refractivity contribution in [1.29, 1.82) is 0 Å². The van der Waals surface area contributed by atoms with Crippen LogP contribution in [0.2, 0.25) is 0 Å². The van der Waals surface area contributed by atoms with Crippen LogP contribution in [0.5, 0.6) is 0 Å². The van der Waals surface area contributed by atoms with Crippen LogP contribution in [0.25, 0.3) is 0 Å².